The number of nitrogens with one attached hydrogen (secondary N) is 1. The van der Waals surface area contributed by atoms with Crippen LogP contribution in [0.15, 0.2) is 45.6 Å². The highest BCUT2D eigenvalue weighted by atomic mass is 19.4. The molecule has 1 aliphatic rings. The molecule has 1 aromatic heterocycles. The Morgan fingerprint density at radius 1 is 1.06 bits per heavy atom. The number of amides is 1. The molecule has 0 bridgehead atoms. The van der Waals surface area contributed by atoms with Crippen LogP contribution in [0.2, 0.25) is 0 Å². The van der Waals surface area contributed by atoms with Gasteiger partial charge in [0.1, 0.15) is 12.4 Å². The summed E-state index contributed by atoms with van der Waals surface area (Å²) < 4.78 is 61.9. The Hall–Kier alpha value is -3.67. The average Bonchev–Trinajstić information content (AvgIpc) is 3.20. The predicted octanol–water partition coefficient (Wildman–Crippen LogP) is 3.81. The van der Waals surface area contributed by atoms with Gasteiger partial charge >= 0.3 is 18.0 Å². The van der Waals surface area contributed by atoms with Crippen LogP contribution in [0.1, 0.15) is 27.9 Å². The second-order valence-electron chi connectivity index (χ2n) is 8.09. The van der Waals surface area contributed by atoms with Crippen molar-refractivity contribution in [2.45, 2.75) is 19.2 Å². The summed E-state index contributed by atoms with van der Waals surface area (Å²) in [5.41, 5.74) is -0.0189. The van der Waals surface area contributed by atoms with Crippen molar-refractivity contribution in [3.63, 3.8) is 0 Å². The van der Waals surface area contributed by atoms with Gasteiger partial charge in [0.2, 0.25) is 0 Å². The van der Waals surface area contributed by atoms with Crippen molar-refractivity contribution >= 4 is 23.0 Å². The Kier molecular flexibility index (Phi) is 6.92. The second kappa shape index (κ2) is 9.90. The van der Waals surface area contributed by atoms with Crippen LogP contribution >= 0.6 is 0 Å². The zero-order valence-corrected chi connectivity index (χ0v) is 18.4. The molecule has 12 heteroatoms. The number of hydrogen-bond acceptors (Lipinski definition) is 6. The molecule has 3 aromatic rings. The third kappa shape index (κ3) is 5.88. The number of hydrogen-bond donors (Lipinski definition) is 1. The molecule has 0 radical (unpaired) electrons. The number of halogens is 4. The molecule has 0 saturated carbocycles. The first-order valence-electron chi connectivity index (χ1n) is 10.8. The maximum Gasteiger partial charge on any atom is 0.417 e. The van der Waals surface area contributed by atoms with Crippen LogP contribution in [0.5, 0.6) is 0 Å². The lowest BCUT2D eigenvalue weighted by atomic mass is 10.1. The number of ketones is 1. The second-order valence-corrected chi connectivity index (χ2v) is 8.09. The molecule has 1 N–H and O–H groups in total. The summed E-state index contributed by atoms with van der Waals surface area (Å²) in [6.07, 6.45) is -5.12. The largest absolute Gasteiger partial charge is 0.444 e. The van der Waals surface area contributed by atoms with Crippen molar-refractivity contribution in [3.8, 4) is 0 Å². The molecule has 186 valence electrons. The quantitative estimate of drug-likeness (QED) is 0.413. The summed E-state index contributed by atoms with van der Waals surface area (Å²) >= 11 is 0. The normalized spacial score (nSPS) is 14.9. The van der Waals surface area contributed by atoms with Crippen molar-refractivity contribution in [1.29, 1.82) is 0 Å². The smallest absolute Gasteiger partial charge is 0.417 e. The molecular formula is C23H21F4N3O5. The summed E-state index contributed by atoms with van der Waals surface area (Å²) in [6.45, 7) is 1.61. The Balaban J connectivity index is 1.22. The van der Waals surface area contributed by atoms with Crippen molar-refractivity contribution in [1.82, 2.24) is 14.8 Å². The fourth-order valence-corrected chi connectivity index (χ4v) is 3.75. The van der Waals surface area contributed by atoms with Crippen LogP contribution < -0.4 is 5.76 Å². The summed E-state index contributed by atoms with van der Waals surface area (Å²) in [5.74, 6) is -1.80. The van der Waals surface area contributed by atoms with Gasteiger partial charge in [-0.2, -0.15) is 13.2 Å². The number of H-pyrrole nitrogens is 1. The summed E-state index contributed by atoms with van der Waals surface area (Å²) in [6, 6.07) is 6.79. The zero-order valence-electron chi connectivity index (χ0n) is 18.4. The van der Waals surface area contributed by atoms with E-state index >= 15 is 0 Å². The van der Waals surface area contributed by atoms with Gasteiger partial charge in [0, 0.05) is 50.3 Å². The summed E-state index contributed by atoms with van der Waals surface area (Å²) in [4.78, 5) is 41.9. The first-order valence-corrected chi connectivity index (χ1v) is 10.8. The average molecular weight is 495 g/mol. The third-order valence-electron chi connectivity index (χ3n) is 5.76. The number of carbonyl (C=O) groups is 2. The molecule has 35 heavy (non-hydrogen) atoms. The van der Waals surface area contributed by atoms with Gasteiger partial charge in [-0.1, -0.05) is 6.07 Å². The molecule has 1 aliphatic heterocycles. The van der Waals surface area contributed by atoms with E-state index in [1.54, 1.807) is 12.1 Å². The number of ether oxygens (including phenoxy) is 1. The lowest BCUT2D eigenvalue weighted by molar-refractivity contribution is -0.137. The van der Waals surface area contributed by atoms with E-state index < -0.39 is 36.0 Å². The molecule has 2 aromatic carbocycles. The fourth-order valence-electron chi connectivity index (χ4n) is 3.75. The number of piperazine rings is 1. The number of oxazole rings is 1. The molecular weight excluding hydrogens is 474 g/mol. The van der Waals surface area contributed by atoms with Gasteiger partial charge in [-0.3, -0.25) is 14.7 Å². The fraction of sp³-hybridized carbons (Fsp3) is 0.348. The van der Waals surface area contributed by atoms with Crippen LogP contribution in [0.4, 0.5) is 22.4 Å². The highest BCUT2D eigenvalue weighted by Gasteiger charge is 2.31. The van der Waals surface area contributed by atoms with Crippen molar-refractivity contribution in [3.05, 3.63) is 69.5 Å². The molecule has 1 fully saturated rings. The van der Waals surface area contributed by atoms with Crippen molar-refractivity contribution < 1.29 is 36.3 Å². The summed E-state index contributed by atoms with van der Waals surface area (Å²) in [5, 5.41) is 0. The molecule has 0 unspecified atom stereocenters. The lowest BCUT2D eigenvalue weighted by Crippen LogP contribution is -2.49. The van der Waals surface area contributed by atoms with Crippen LogP contribution in [-0.2, 0) is 17.5 Å². The van der Waals surface area contributed by atoms with E-state index in [1.165, 1.54) is 11.0 Å². The molecule has 4 rings (SSSR count). The lowest BCUT2D eigenvalue weighted by Gasteiger charge is -2.33. The minimum absolute atomic E-state index is 0.115. The topological polar surface area (TPSA) is 95.9 Å². The highest BCUT2D eigenvalue weighted by Crippen LogP contribution is 2.30. The van der Waals surface area contributed by atoms with E-state index in [4.69, 9.17) is 9.15 Å². The Labute approximate surface area is 196 Å². The maximum absolute atomic E-state index is 13.9. The maximum atomic E-state index is 13.9. The number of alkyl halides is 3. The van der Waals surface area contributed by atoms with E-state index in [9.17, 15) is 31.9 Å². The number of rotatable bonds is 6. The van der Waals surface area contributed by atoms with Gasteiger partial charge in [0.05, 0.1) is 11.1 Å². The van der Waals surface area contributed by atoms with Crippen LogP contribution in [-0.4, -0.2) is 59.4 Å². The Morgan fingerprint density at radius 2 is 1.80 bits per heavy atom. The van der Waals surface area contributed by atoms with Crippen LogP contribution in [0.25, 0.3) is 11.1 Å². The van der Waals surface area contributed by atoms with Crippen LogP contribution in [0.3, 0.4) is 0 Å². The number of aromatic nitrogens is 1. The molecule has 8 nitrogen and oxygen atoms in total. The minimum Gasteiger partial charge on any atom is -0.444 e. The van der Waals surface area contributed by atoms with E-state index in [0.29, 0.717) is 55.5 Å². The first kappa shape index (κ1) is 24.5. The zero-order chi connectivity index (χ0) is 25.2. The number of fused-ring (bicyclic) bond motifs is 1. The third-order valence-corrected chi connectivity index (χ3v) is 5.76. The van der Waals surface area contributed by atoms with Gasteiger partial charge in [-0.15, -0.1) is 0 Å². The SMILES string of the molecule is O=C(CCN1CCN(C(=O)OCc2ccc(C(F)(F)F)cc2F)CC1)c1ccc2[nH]c(=O)oc2c1. The first-order chi connectivity index (χ1) is 16.6. The van der Waals surface area contributed by atoms with Crippen molar-refractivity contribution in [2.75, 3.05) is 32.7 Å². The molecule has 0 atom stereocenters. The molecule has 1 saturated heterocycles. The molecule has 1 amide bonds. The highest BCUT2D eigenvalue weighted by molar-refractivity contribution is 5.98. The molecule has 2 heterocycles. The van der Waals surface area contributed by atoms with E-state index in [1.807, 2.05) is 4.90 Å². The van der Waals surface area contributed by atoms with Gasteiger partial charge < -0.3 is 14.1 Å². The number of Topliss-reactive ketones (excluding diaryl/α,β-unsaturated/α-hetero) is 1. The van der Waals surface area contributed by atoms with Gasteiger partial charge in [0.15, 0.2) is 11.4 Å². The molecule has 0 aliphatic carbocycles. The predicted molar refractivity (Wildman–Crippen MR) is 115 cm³/mol. The van der Waals surface area contributed by atoms with E-state index in [2.05, 4.69) is 4.98 Å². The number of benzene rings is 2. The van der Waals surface area contributed by atoms with Gasteiger partial charge in [-0.25, -0.2) is 14.0 Å². The number of nitrogens with zero attached hydrogens (tertiary/aromatic N) is 2. The van der Waals surface area contributed by atoms with Gasteiger partial charge in [0.25, 0.3) is 0 Å². The molecule has 0 spiro atoms. The Bertz CT molecular complexity index is 1290. The number of carbonyl (C=O) groups excluding carboxylic acids is 2. The van der Waals surface area contributed by atoms with E-state index in [-0.39, 0.29) is 17.8 Å². The summed E-state index contributed by atoms with van der Waals surface area (Å²) in [7, 11) is 0. The minimum atomic E-state index is -4.66. The standard InChI is InChI=1S/C23H21F4N3O5/c24-17-12-16(23(25,26)27)3-1-15(17)13-34-22(33)30-9-7-29(8-10-30)6-5-19(31)14-2-4-18-20(11-14)35-21(32)28-18/h1-4,11-12H,5-10,13H2,(H,28,32). The van der Waals surface area contributed by atoms with E-state index in [0.717, 1.165) is 12.1 Å². The van der Waals surface area contributed by atoms with Gasteiger partial charge in [-0.05, 0) is 30.3 Å². The van der Waals surface area contributed by atoms with Crippen LogP contribution in [0, 0.1) is 5.82 Å². The van der Waals surface area contributed by atoms with Crippen molar-refractivity contribution in [2.24, 2.45) is 0 Å². The monoisotopic (exact) mass is 495 g/mol. The Morgan fingerprint density at radius 3 is 2.49 bits per heavy atom. The number of aromatic amines is 1.